The summed E-state index contributed by atoms with van der Waals surface area (Å²) in [6, 6.07) is 12.3. The van der Waals surface area contributed by atoms with Gasteiger partial charge in [0.1, 0.15) is 23.4 Å². The Labute approximate surface area is 212 Å². The van der Waals surface area contributed by atoms with E-state index in [-0.39, 0.29) is 42.4 Å². The van der Waals surface area contributed by atoms with Gasteiger partial charge in [-0.3, -0.25) is 4.99 Å². The van der Waals surface area contributed by atoms with Gasteiger partial charge in [0, 0.05) is 36.9 Å². The van der Waals surface area contributed by atoms with Crippen LogP contribution < -0.4 is 25.0 Å². The molecule has 1 atom stereocenters. The molecule has 182 valence electrons. The molecular formula is C24H34FIN4O3. The van der Waals surface area contributed by atoms with Gasteiger partial charge in [-0.2, -0.15) is 0 Å². The fourth-order valence-corrected chi connectivity index (χ4v) is 3.84. The van der Waals surface area contributed by atoms with E-state index in [1.54, 1.807) is 44.6 Å². The summed E-state index contributed by atoms with van der Waals surface area (Å²) >= 11 is 0. The maximum absolute atomic E-state index is 13.5. The number of halogens is 2. The summed E-state index contributed by atoms with van der Waals surface area (Å²) in [5.74, 6) is 1.70. The van der Waals surface area contributed by atoms with E-state index in [0.717, 1.165) is 31.6 Å². The van der Waals surface area contributed by atoms with Gasteiger partial charge in [-0.05, 0) is 56.2 Å². The Morgan fingerprint density at radius 1 is 1.18 bits per heavy atom. The van der Waals surface area contributed by atoms with Gasteiger partial charge in [0.25, 0.3) is 0 Å². The summed E-state index contributed by atoms with van der Waals surface area (Å²) in [5, 5.41) is 17.4. The molecule has 0 aliphatic carbocycles. The smallest absolute Gasteiger partial charge is 0.191 e. The Morgan fingerprint density at radius 3 is 2.58 bits per heavy atom. The van der Waals surface area contributed by atoms with Gasteiger partial charge in [0.05, 0.1) is 20.8 Å². The number of aliphatic hydroxyl groups is 1. The van der Waals surface area contributed by atoms with Crippen LogP contribution in [0.25, 0.3) is 0 Å². The number of piperidine rings is 1. The second kappa shape index (κ2) is 13.4. The number of hydrogen-bond acceptors (Lipinski definition) is 5. The van der Waals surface area contributed by atoms with E-state index in [2.05, 4.69) is 20.5 Å². The summed E-state index contributed by atoms with van der Waals surface area (Å²) in [7, 11) is 3.16. The normalized spacial score (nSPS) is 15.4. The van der Waals surface area contributed by atoms with Crippen LogP contribution in [0, 0.1) is 5.82 Å². The minimum atomic E-state index is -0.828. The van der Waals surface area contributed by atoms with Crippen LogP contribution in [0.15, 0.2) is 47.5 Å². The minimum Gasteiger partial charge on any atom is -0.497 e. The van der Waals surface area contributed by atoms with Crippen LogP contribution in [0.1, 0.15) is 31.4 Å². The molecule has 0 radical (unpaired) electrons. The Kier molecular flexibility index (Phi) is 11.0. The molecule has 1 unspecified atom stereocenters. The second-order valence-electron chi connectivity index (χ2n) is 7.73. The molecule has 1 saturated heterocycles. The molecule has 2 aromatic carbocycles. The monoisotopic (exact) mass is 572 g/mol. The van der Waals surface area contributed by atoms with Gasteiger partial charge in [-0.15, -0.1) is 24.0 Å². The van der Waals surface area contributed by atoms with Crippen molar-refractivity contribution in [2.45, 2.75) is 31.9 Å². The standard InChI is InChI=1S/C24H33FN4O3.HI/c1-4-26-24(27-16-22(30)21-15-20(31-2)8-9-23(21)32-3)28-18-10-12-29(13-11-18)19-7-5-6-17(25)14-19;/h5-9,14-15,18,22,30H,4,10-13,16H2,1-3H3,(H2,26,27,28);1H. The van der Waals surface area contributed by atoms with Crippen molar-refractivity contribution in [2.75, 3.05) is 45.3 Å². The number of benzene rings is 2. The second-order valence-corrected chi connectivity index (χ2v) is 7.73. The number of hydrogen-bond donors (Lipinski definition) is 3. The van der Waals surface area contributed by atoms with Crippen molar-refractivity contribution in [3.8, 4) is 11.5 Å². The molecular weight excluding hydrogens is 538 g/mol. The molecule has 0 amide bonds. The van der Waals surface area contributed by atoms with Crippen LogP contribution in [0.5, 0.6) is 11.5 Å². The predicted octanol–water partition coefficient (Wildman–Crippen LogP) is 3.72. The van der Waals surface area contributed by atoms with E-state index in [4.69, 9.17) is 9.47 Å². The maximum atomic E-state index is 13.5. The quantitative estimate of drug-likeness (QED) is 0.255. The molecule has 2 aromatic rings. The zero-order chi connectivity index (χ0) is 22.9. The van der Waals surface area contributed by atoms with Crippen LogP contribution in [-0.2, 0) is 0 Å². The number of aliphatic hydroxyl groups excluding tert-OH is 1. The van der Waals surface area contributed by atoms with E-state index in [1.165, 1.54) is 6.07 Å². The average molecular weight is 572 g/mol. The molecule has 0 bridgehead atoms. The molecule has 1 fully saturated rings. The molecule has 1 heterocycles. The molecule has 9 heteroatoms. The molecule has 3 N–H and O–H groups in total. The Hall–Kier alpha value is -2.27. The zero-order valence-corrected chi connectivity index (χ0v) is 21.7. The Bertz CT molecular complexity index is 907. The van der Waals surface area contributed by atoms with Crippen molar-refractivity contribution in [3.63, 3.8) is 0 Å². The summed E-state index contributed by atoms with van der Waals surface area (Å²) in [5.41, 5.74) is 1.55. The number of rotatable bonds is 8. The lowest BCUT2D eigenvalue weighted by Gasteiger charge is -2.34. The molecule has 1 aliphatic heterocycles. The minimum absolute atomic E-state index is 0. The van der Waals surface area contributed by atoms with Crippen LogP contribution >= 0.6 is 24.0 Å². The van der Waals surface area contributed by atoms with E-state index in [0.29, 0.717) is 29.6 Å². The maximum Gasteiger partial charge on any atom is 0.191 e. The van der Waals surface area contributed by atoms with Gasteiger partial charge >= 0.3 is 0 Å². The highest BCUT2D eigenvalue weighted by molar-refractivity contribution is 14.0. The van der Waals surface area contributed by atoms with E-state index in [1.807, 2.05) is 13.0 Å². The lowest BCUT2D eigenvalue weighted by atomic mass is 10.0. The molecule has 1 aliphatic rings. The van der Waals surface area contributed by atoms with Crippen LogP contribution in [0.2, 0.25) is 0 Å². The number of aliphatic imine (C=N–C) groups is 1. The highest BCUT2D eigenvalue weighted by atomic mass is 127. The van der Waals surface area contributed by atoms with Crippen molar-refractivity contribution < 1.29 is 19.0 Å². The molecule has 0 saturated carbocycles. The Morgan fingerprint density at radius 2 is 1.94 bits per heavy atom. The number of anilines is 1. The number of ether oxygens (including phenoxy) is 2. The fraction of sp³-hybridized carbons (Fsp3) is 0.458. The first-order chi connectivity index (χ1) is 15.5. The van der Waals surface area contributed by atoms with Crippen molar-refractivity contribution in [3.05, 3.63) is 53.8 Å². The molecule has 7 nitrogen and oxygen atoms in total. The first-order valence-electron chi connectivity index (χ1n) is 11.0. The number of nitrogens with zero attached hydrogens (tertiary/aromatic N) is 2. The third kappa shape index (κ3) is 7.63. The predicted molar refractivity (Wildman–Crippen MR) is 141 cm³/mol. The highest BCUT2D eigenvalue weighted by Gasteiger charge is 2.21. The summed E-state index contributed by atoms with van der Waals surface area (Å²) in [6.07, 6.45) is 0.991. The van der Waals surface area contributed by atoms with Crippen molar-refractivity contribution >= 4 is 35.6 Å². The van der Waals surface area contributed by atoms with E-state index in [9.17, 15) is 9.50 Å². The topological polar surface area (TPSA) is 78.4 Å². The summed E-state index contributed by atoms with van der Waals surface area (Å²) < 4.78 is 24.2. The first kappa shape index (κ1) is 27.0. The third-order valence-corrected chi connectivity index (χ3v) is 5.57. The van der Waals surface area contributed by atoms with Gasteiger partial charge in [0.2, 0.25) is 0 Å². The number of nitrogens with one attached hydrogen (secondary N) is 2. The molecule has 3 rings (SSSR count). The van der Waals surface area contributed by atoms with Crippen molar-refractivity contribution in [2.24, 2.45) is 4.99 Å². The highest BCUT2D eigenvalue weighted by Crippen LogP contribution is 2.29. The van der Waals surface area contributed by atoms with Gasteiger partial charge in [-0.1, -0.05) is 6.07 Å². The van der Waals surface area contributed by atoms with Gasteiger partial charge < -0.3 is 30.1 Å². The van der Waals surface area contributed by atoms with Crippen molar-refractivity contribution in [1.82, 2.24) is 10.6 Å². The molecule has 0 aromatic heterocycles. The number of methoxy groups -OCH3 is 2. The SMILES string of the molecule is CCNC(=NCC(O)c1cc(OC)ccc1OC)NC1CCN(c2cccc(F)c2)CC1.I. The Balaban J connectivity index is 0.00000385. The van der Waals surface area contributed by atoms with Crippen LogP contribution in [0.3, 0.4) is 0 Å². The molecule has 33 heavy (non-hydrogen) atoms. The third-order valence-electron chi connectivity index (χ3n) is 5.57. The van der Waals surface area contributed by atoms with Crippen molar-refractivity contribution in [1.29, 1.82) is 0 Å². The summed E-state index contributed by atoms with van der Waals surface area (Å²) in [6.45, 7) is 4.58. The van der Waals surface area contributed by atoms with Crippen LogP contribution in [-0.4, -0.2) is 57.5 Å². The first-order valence-corrected chi connectivity index (χ1v) is 11.0. The zero-order valence-electron chi connectivity index (χ0n) is 19.4. The van der Waals surface area contributed by atoms with Gasteiger partial charge in [-0.25, -0.2) is 4.39 Å². The molecule has 0 spiro atoms. The fourth-order valence-electron chi connectivity index (χ4n) is 3.84. The lowest BCUT2D eigenvalue weighted by molar-refractivity contribution is 0.182. The van der Waals surface area contributed by atoms with Gasteiger partial charge in [0.15, 0.2) is 5.96 Å². The lowest BCUT2D eigenvalue weighted by Crippen LogP contribution is -2.49. The van der Waals surface area contributed by atoms with E-state index >= 15 is 0 Å². The average Bonchev–Trinajstić information content (AvgIpc) is 2.82. The summed E-state index contributed by atoms with van der Waals surface area (Å²) in [4.78, 5) is 6.79. The number of guanidine groups is 1. The largest absolute Gasteiger partial charge is 0.497 e. The van der Waals surface area contributed by atoms with Crippen LogP contribution in [0.4, 0.5) is 10.1 Å². The van der Waals surface area contributed by atoms with E-state index < -0.39 is 6.10 Å².